The van der Waals surface area contributed by atoms with Crippen LogP contribution in [-0.4, -0.2) is 26.2 Å². The first-order valence-electron chi connectivity index (χ1n) is 7.40. The van der Waals surface area contributed by atoms with Gasteiger partial charge in [-0.2, -0.15) is 0 Å². The first kappa shape index (κ1) is 20.0. The monoisotopic (exact) mass is 316 g/mol. The topological polar surface area (TPSA) is 44.8 Å². The standard InChI is InChI=1S/C16H32O4Si/c1-12(18-14(17)19-15(3,4)5)11-13(2)20-21(9,10)16(6,7)8/h12H,2,11H2,1,3-10H3/t12-/m1/s1. The van der Waals surface area contributed by atoms with E-state index in [0.717, 1.165) is 0 Å². The van der Waals surface area contributed by atoms with Gasteiger partial charge in [-0.25, -0.2) is 4.79 Å². The summed E-state index contributed by atoms with van der Waals surface area (Å²) in [6.07, 6.45) is -0.501. The molecule has 0 unspecified atom stereocenters. The predicted molar refractivity (Wildman–Crippen MR) is 88.8 cm³/mol. The van der Waals surface area contributed by atoms with Crippen LogP contribution in [0.25, 0.3) is 0 Å². The van der Waals surface area contributed by atoms with Gasteiger partial charge in [-0.3, -0.25) is 0 Å². The fourth-order valence-corrected chi connectivity index (χ4v) is 2.47. The van der Waals surface area contributed by atoms with Crippen molar-refractivity contribution in [3.05, 3.63) is 12.3 Å². The van der Waals surface area contributed by atoms with Crippen molar-refractivity contribution < 1.29 is 18.7 Å². The molecule has 0 aromatic carbocycles. The van der Waals surface area contributed by atoms with Crippen LogP contribution in [-0.2, 0) is 13.9 Å². The molecule has 0 amide bonds. The van der Waals surface area contributed by atoms with Gasteiger partial charge in [0.25, 0.3) is 0 Å². The molecule has 0 aromatic rings. The van der Waals surface area contributed by atoms with E-state index in [-0.39, 0.29) is 11.1 Å². The van der Waals surface area contributed by atoms with Gasteiger partial charge in [0.05, 0.1) is 5.76 Å². The predicted octanol–water partition coefficient (Wildman–Crippen LogP) is 5.25. The van der Waals surface area contributed by atoms with Crippen molar-refractivity contribution in [3.8, 4) is 0 Å². The van der Waals surface area contributed by atoms with E-state index in [0.29, 0.717) is 12.2 Å². The summed E-state index contributed by atoms with van der Waals surface area (Å²) in [6, 6.07) is 0. The molecule has 124 valence electrons. The lowest BCUT2D eigenvalue weighted by atomic mass is 10.2. The Labute approximate surface area is 131 Å². The van der Waals surface area contributed by atoms with Crippen molar-refractivity contribution in [2.24, 2.45) is 0 Å². The summed E-state index contributed by atoms with van der Waals surface area (Å²) < 4.78 is 16.4. The van der Waals surface area contributed by atoms with Crippen LogP contribution in [0.4, 0.5) is 4.79 Å². The molecule has 0 spiro atoms. The number of hydrogen-bond donors (Lipinski definition) is 0. The van der Waals surface area contributed by atoms with Crippen LogP contribution in [0.1, 0.15) is 54.9 Å². The number of ether oxygens (including phenoxy) is 2. The van der Waals surface area contributed by atoms with Crippen molar-refractivity contribution in [2.75, 3.05) is 0 Å². The van der Waals surface area contributed by atoms with E-state index in [1.54, 1.807) is 20.8 Å². The number of carbonyl (C=O) groups is 1. The number of rotatable bonds is 5. The van der Waals surface area contributed by atoms with Crippen LogP contribution in [0.5, 0.6) is 0 Å². The van der Waals surface area contributed by atoms with Crippen LogP contribution >= 0.6 is 0 Å². The Morgan fingerprint density at radius 1 is 1.14 bits per heavy atom. The summed E-state index contributed by atoms with van der Waals surface area (Å²) >= 11 is 0. The van der Waals surface area contributed by atoms with Crippen molar-refractivity contribution in [2.45, 2.75) is 84.7 Å². The molecule has 0 N–H and O–H groups in total. The first-order chi connectivity index (χ1) is 9.14. The van der Waals surface area contributed by atoms with Crippen molar-refractivity contribution >= 4 is 14.5 Å². The average Bonchev–Trinajstić information content (AvgIpc) is 2.08. The summed E-state index contributed by atoms with van der Waals surface area (Å²) in [5.41, 5.74) is -0.550. The largest absolute Gasteiger partial charge is 0.547 e. The van der Waals surface area contributed by atoms with Gasteiger partial charge in [0.1, 0.15) is 11.7 Å². The van der Waals surface area contributed by atoms with Crippen LogP contribution < -0.4 is 0 Å². The van der Waals surface area contributed by atoms with Gasteiger partial charge in [0.2, 0.25) is 8.32 Å². The quantitative estimate of drug-likeness (QED) is 0.394. The molecule has 0 aliphatic rings. The van der Waals surface area contributed by atoms with Gasteiger partial charge in [0, 0.05) is 6.42 Å². The third-order valence-electron chi connectivity index (χ3n) is 3.41. The highest BCUT2D eigenvalue weighted by molar-refractivity contribution is 6.74. The van der Waals surface area contributed by atoms with Gasteiger partial charge >= 0.3 is 6.16 Å². The molecule has 21 heavy (non-hydrogen) atoms. The molecule has 0 rings (SSSR count). The molecule has 5 heteroatoms. The lowest BCUT2D eigenvalue weighted by Crippen LogP contribution is -2.40. The van der Waals surface area contributed by atoms with Crippen molar-refractivity contribution in [1.29, 1.82) is 0 Å². The van der Waals surface area contributed by atoms with Gasteiger partial charge in [-0.1, -0.05) is 27.4 Å². The van der Waals surface area contributed by atoms with Crippen LogP contribution in [0.3, 0.4) is 0 Å². The Kier molecular flexibility index (Phi) is 6.54. The summed E-state index contributed by atoms with van der Waals surface area (Å²) in [6.45, 7) is 22.0. The SMILES string of the molecule is C=C(C[C@@H](C)OC(=O)OC(C)(C)C)O[Si](C)(C)C(C)(C)C. The maximum atomic E-state index is 11.6. The first-order valence-corrected chi connectivity index (χ1v) is 10.3. The Balaban J connectivity index is 4.38. The van der Waals surface area contributed by atoms with Crippen LogP contribution in [0, 0.1) is 0 Å². The molecular weight excluding hydrogens is 284 g/mol. The zero-order valence-corrected chi connectivity index (χ0v) is 16.1. The molecule has 0 aliphatic heterocycles. The Morgan fingerprint density at radius 2 is 1.62 bits per heavy atom. The number of carbonyl (C=O) groups excluding carboxylic acids is 1. The van der Waals surface area contributed by atoms with Crippen molar-refractivity contribution in [3.63, 3.8) is 0 Å². The molecule has 0 fully saturated rings. The van der Waals surface area contributed by atoms with E-state index >= 15 is 0 Å². The molecule has 0 heterocycles. The number of hydrogen-bond acceptors (Lipinski definition) is 4. The molecule has 0 aromatic heterocycles. The van der Waals surface area contributed by atoms with E-state index in [2.05, 4.69) is 40.4 Å². The minimum atomic E-state index is -1.88. The Hall–Kier alpha value is -0.973. The molecule has 0 radical (unpaired) electrons. The summed E-state index contributed by atoms with van der Waals surface area (Å²) in [5.74, 6) is 0.664. The van der Waals surface area contributed by atoms with E-state index in [1.165, 1.54) is 0 Å². The zero-order valence-electron chi connectivity index (χ0n) is 15.1. The summed E-state index contributed by atoms with van der Waals surface area (Å²) in [5, 5.41) is 0.116. The van der Waals surface area contributed by atoms with Gasteiger partial charge < -0.3 is 13.9 Å². The fraction of sp³-hybridized carbons (Fsp3) is 0.812. The molecule has 0 bridgehead atoms. The molecule has 0 saturated carbocycles. The van der Waals surface area contributed by atoms with E-state index in [4.69, 9.17) is 13.9 Å². The second-order valence-corrected chi connectivity index (χ2v) is 12.7. The highest BCUT2D eigenvalue weighted by Gasteiger charge is 2.39. The Bertz CT molecular complexity index is 375. The maximum Gasteiger partial charge on any atom is 0.509 e. The second-order valence-electron chi connectivity index (χ2n) is 8.00. The summed E-state index contributed by atoms with van der Waals surface area (Å²) in [4.78, 5) is 11.6. The van der Waals surface area contributed by atoms with Gasteiger partial charge in [-0.15, -0.1) is 0 Å². The molecule has 1 atom stereocenters. The minimum absolute atomic E-state index is 0.116. The smallest absolute Gasteiger partial charge is 0.509 e. The minimum Gasteiger partial charge on any atom is -0.547 e. The normalized spacial score (nSPS) is 14.3. The van der Waals surface area contributed by atoms with Crippen molar-refractivity contribution in [1.82, 2.24) is 0 Å². The van der Waals surface area contributed by atoms with Crippen LogP contribution in [0.2, 0.25) is 18.1 Å². The van der Waals surface area contributed by atoms with Gasteiger partial charge in [0.15, 0.2) is 0 Å². The lowest BCUT2D eigenvalue weighted by molar-refractivity contribution is -0.0241. The highest BCUT2D eigenvalue weighted by Crippen LogP contribution is 2.38. The summed E-state index contributed by atoms with van der Waals surface area (Å²) in [7, 11) is -1.88. The third-order valence-corrected chi connectivity index (χ3v) is 7.82. The fourth-order valence-electron chi connectivity index (χ4n) is 1.36. The molecule has 0 saturated heterocycles. The van der Waals surface area contributed by atoms with Crippen LogP contribution in [0.15, 0.2) is 12.3 Å². The zero-order chi connectivity index (χ0) is 17.1. The van der Waals surface area contributed by atoms with E-state index in [9.17, 15) is 4.79 Å². The molecule has 4 nitrogen and oxygen atoms in total. The lowest BCUT2D eigenvalue weighted by Gasteiger charge is -2.37. The maximum absolute atomic E-state index is 11.6. The second kappa shape index (κ2) is 6.86. The van der Waals surface area contributed by atoms with Gasteiger partial charge in [-0.05, 0) is 45.8 Å². The highest BCUT2D eigenvalue weighted by atomic mass is 28.4. The third kappa shape index (κ3) is 8.14. The Morgan fingerprint density at radius 3 is 2.00 bits per heavy atom. The van der Waals surface area contributed by atoms with E-state index in [1.807, 2.05) is 6.92 Å². The molecular formula is C16H32O4Si. The average molecular weight is 317 g/mol. The van der Waals surface area contributed by atoms with E-state index < -0.39 is 20.1 Å². The molecule has 0 aliphatic carbocycles.